The zero-order valence-corrected chi connectivity index (χ0v) is 22.3. The molecule has 6 N–H and O–H groups in total. The van der Waals surface area contributed by atoms with Crippen LogP contribution in [0.1, 0.15) is 92.9 Å². The maximum atomic E-state index is 11.3. The van der Waals surface area contributed by atoms with Crippen molar-refractivity contribution in [1.29, 1.82) is 0 Å². The lowest BCUT2D eigenvalue weighted by molar-refractivity contribution is 0.0234. The van der Waals surface area contributed by atoms with Crippen LogP contribution in [0.25, 0.3) is 0 Å². The third kappa shape index (κ3) is 19.7. The molecule has 11 nitrogen and oxygen atoms in total. The molecule has 34 heavy (non-hydrogen) atoms. The van der Waals surface area contributed by atoms with Crippen LogP contribution in [0.2, 0.25) is 0 Å². The number of ether oxygens (including phenoxy) is 2. The van der Waals surface area contributed by atoms with E-state index in [1.54, 1.807) is 20.8 Å². The number of alkyl carbamates (subject to hydrolysis) is 1. The van der Waals surface area contributed by atoms with Crippen molar-refractivity contribution in [2.24, 2.45) is 16.9 Å². The number of amides is 2. The number of halogens is 1. The van der Waals surface area contributed by atoms with E-state index in [1.807, 2.05) is 20.8 Å². The molecule has 0 aliphatic heterocycles. The van der Waals surface area contributed by atoms with Crippen molar-refractivity contribution in [2.75, 3.05) is 0 Å². The topological polar surface area (TPSA) is 161 Å². The summed E-state index contributed by atoms with van der Waals surface area (Å²) in [6, 6.07) is 1.59. The summed E-state index contributed by atoms with van der Waals surface area (Å²) in [6.07, 6.45) is 8.01. The third-order valence-electron chi connectivity index (χ3n) is 4.29. The summed E-state index contributed by atoms with van der Waals surface area (Å²) in [7, 11) is 0. The number of carbonyl (C=O) groups is 2. The van der Waals surface area contributed by atoms with Gasteiger partial charge in [0.05, 0.1) is 11.3 Å². The van der Waals surface area contributed by atoms with Crippen molar-refractivity contribution >= 4 is 24.6 Å². The first-order valence-electron chi connectivity index (χ1n) is 11.8. The van der Waals surface area contributed by atoms with E-state index in [0.29, 0.717) is 18.1 Å². The Morgan fingerprint density at radius 1 is 0.853 bits per heavy atom. The minimum absolute atomic E-state index is 0. The van der Waals surface area contributed by atoms with E-state index >= 15 is 0 Å². The fourth-order valence-corrected chi connectivity index (χ4v) is 1.92. The first kappa shape index (κ1) is 32.3. The van der Waals surface area contributed by atoms with Gasteiger partial charge in [-0.2, -0.15) is 5.01 Å². The molecule has 4 rings (SSSR count). The molecule has 0 aromatic rings. The molecule has 200 valence electrons. The molecule has 0 spiro atoms. The lowest BCUT2D eigenvalue weighted by Crippen LogP contribution is -2.34. The predicted octanol–water partition coefficient (Wildman–Crippen LogP) is 3.88. The number of nitroso groups, excluding NO2 is 1. The molecule has 4 aliphatic rings. The highest BCUT2D eigenvalue weighted by Gasteiger charge is 2.36. The molecule has 4 fully saturated rings. The smallest absolute Gasteiger partial charge is 0.433 e. The molecule has 0 saturated heterocycles. The van der Waals surface area contributed by atoms with E-state index < -0.39 is 11.7 Å². The number of hydrogen-bond acceptors (Lipinski definition) is 9. The molecule has 0 atom stereocenters. The number of hydrazine groups is 1. The average molecular weight is 509 g/mol. The van der Waals surface area contributed by atoms with Gasteiger partial charge in [-0.25, -0.2) is 9.59 Å². The van der Waals surface area contributed by atoms with E-state index in [1.165, 1.54) is 25.7 Å². The third-order valence-corrected chi connectivity index (χ3v) is 4.29. The van der Waals surface area contributed by atoms with Gasteiger partial charge in [-0.1, -0.05) is 0 Å². The van der Waals surface area contributed by atoms with Crippen LogP contribution in [0.4, 0.5) is 9.59 Å². The lowest BCUT2D eigenvalue weighted by atomic mass is 10.2. The highest BCUT2D eigenvalue weighted by molar-refractivity contribution is 5.85. The molecule has 12 heteroatoms. The summed E-state index contributed by atoms with van der Waals surface area (Å²) in [5.74, 6) is 4.98. The predicted molar refractivity (Wildman–Crippen MR) is 134 cm³/mol. The van der Waals surface area contributed by atoms with Crippen molar-refractivity contribution in [3.05, 3.63) is 4.91 Å². The Balaban J connectivity index is 0.000000463. The molecular weight excluding hydrogens is 464 g/mol. The average Bonchev–Trinajstić information content (AvgIpc) is 3.50. The van der Waals surface area contributed by atoms with Crippen LogP contribution in [0.5, 0.6) is 0 Å². The maximum absolute atomic E-state index is 11.3. The van der Waals surface area contributed by atoms with E-state index in [4.69, 9.17) is 21.1 Å². The molecule has 0 heterocycles. The van der Waals surface area contributed by atoms with Crippen LogP contribution in [-0.2, 0) is 9.47 Å². The van der Waals surface area contributed by atoms with Crippen molar-refractivity contribution < 1.29 is 19.1 Å². The molecule has 4 saturated carbocycles. The number of hydrogen-bond donors (Lipinski definition) is 4. The minimum Gasteiger partial charge on any atom is -0.444 e. The fourth-order valence-electron chi connectivity index (χ4n) is 1.92. The number of carbonyl (C=O) groups excluding carboxylic acids is 2. The minimum atomic E-state index is -0.648. The van der Waals surface area contributed by atoms with Crippen LogP contribution in [0.3, 0.4) is 0 Å². The Hall–Kier alpha value is -1.69. The van der Waals surface area contributed by atoms with Gasteiger partial charge < -0.3 is 20.5 Å². The van der Waals surface area contributed by atoms with Gasteiger partial charge in [-0.05, 0) is 92.9 Å². The van der Waals surface area contributed by atoms with Gasteiger partial charge in [0.15, 0.2) is 0 Å². The maximum Gasteiger partial charge on any atom is 0.433 e. The molecule has 0 radical (unpaired) electrons. The number of nitrogens with one attached hydrogen (secondary N) is 2. The molecule has 4 aliphatic carbocycles. The zero-order chi connectivity index (χ0) is 25.2. The van der Waals surface area contributed by atoms with E-state index in [-0.39, 0.29) is 30.1 Å². The van der Waals surface area contributed by atoms with Gasteiger partial charge >= 0.3 is 12.2 Å². The van der Waals surface area contributed by atoms with Gasteiger partial charge in [-0.3, -0.25) is 11.3 Å². The zero-order valence-electron chi connectivity index (χ0n) is 21.5. The summed E-state index contributed by atoms with van der Waals surface area (Å²) in [6.45, 7) is 10.8. The van der Waals surface area contributed by atoms with Gasteiger partial charge in [0.1, 0.15) is 11.2 Å². The Bertz CT molecular complexity index is 624. The van der Waals surface area contributed by atoms with Gasteiger partial charge in [-0.15, -0.1) is 17.3 Å². The lowest BCUT2D eigenvalue weighted by Gasteiger charge is -2.22. The SMILES string of the molecule is CC(C)(C)OC(=O)N(N=O)C1CC1.CC(C)(C)OC(=O)NC1CC1.Cl.NC1CC1.NNC1CC1. The van der Waals surface area contributed by atoms with E-state index in [9.17, 15) is 14.5 Å². The second-order valence-electron chi connectivity index (χ2n) is 10.8. The Morgan fingerprint density at radius 3 is 1.53 bits per heavy atom. The summed E-state index contributed by atoms with van der Waals surface area (Å²) in [5, 5.41) is 6.27. The van der Waals surface area contributed by atoms with Crippen LogP contribution in [0.15, 0.2) is 5.29 Å². The summed E-state index contributed by atoms with van der Waals surface area (Å²) < 4.78 is 10.0. The summed E-state index contributed by atoms with van der Waals surface area (Å²) >= 11 is 0. The highest BCUT2D eigenvalue weighted by atomic mass is 35.5. The molecule has 2 amide bonds. The Labute approximate surface area is 209 Å². The molecule has 0 aromatic carbocycles. The standard InChI is InChI=1S/C8H14N2O3.C8H15NO2.C3H8N2.C3H7N.ClH/c1-8(2,3)13-7(11)10(9-12)6-4-5-6;1-8(2,3)11-7(10)9-6-4-5-6;4-5-3-1-2-3;4-3-1-2-3;/h6H,4-5H2,1-3H3;6H,4-5H2,1-3H3,(H,9,10);3,5H,1-2,4H2;3H,1-2,4H2;1H. The summed E-state index contributed by atoms with van der Waals surface area (Å²) in [5.41, 5.74) is 6.91. The van der Waals surface area contributed by atoms with Gasteiger partial charge in [0, 0.05) is 18.1 Å². The molecule has 0 unspecified atom stereocenters. The number of nitrogens with zero attached hydrogens (tertiary/aromatic N) is 2. The Kier molecular flexibility index (Phi) is 13.9. The van der Waals surface area contributed by atoms with Crippen LogP contribution in [-0.4, -0.2) is 52.6 Å². The van der Waals surface area contributed by atoms with Crippen molar-refractivity contribution in [2.45, 2.75) is 128 Å². The molecule has 0 aromatic heterocycles. The van der Waals surface area contributed by atoms with E-state index in [2.05, 4.69) is 16.0 Å². The second kappa shape index (κ2) is 14.7. The van der Waals surface area contributed by atoms with Crippen molar-refractivity contribution in [3.63, 3.8) is 0 Å². The van der Waals surface area contributed by atoms with Crippen LogP contribution < -0.4 is 22.3 Å². The second-order valence-corrected chi connectivity index (χ2v) is 10.8. The number of rotatable bonds is 4. The highest BCUT2D eigenvalue weighted by Crippen LogP contribution is 2.28. The van der Waals surface area contributed by atoms with Gasteiger partial charge in [0.25, 0.3) is 0 Å². The molecular formula is C22H45ClN6O5. The van der Waals surface area contributed by atoms with Crippen molar-refractivity contribution in [1.82, 2.24) is 15.8 Å². The Morgan fingerprint density at radius 2 is 1.29 bits per heavy atom. The van der Waals surface area contributed by atoms with E-state index in [0.717, 1.165) is 30.7 Å². The summed E-state index contributed by atoms with van der Waals surface area (Å²) in [4.78, 5) is 32.5. The number of nitrogens with two attached hydrogens (primary N) is 2. The largest absolute Gasteiger partial charge is 0.444 e. The van der Waals surface area contributed by atoms with Crippen molar-refractivity contribution in [3.8, 4) is 0 Å². The van der Waals surface area contributed by atoms with Crippen LogP contribution in [0, 0.1) is 4.91 Å². The first-order valence-corrected chi connectivity index (χ1v) is 11.8. The molecule has 0 bridgehead atoms. The monoisotopic (exact) mass is 508 g/mol. The van der Waals surface area contributed by atoms with Gasteiger partial charge in [0.2, 0.25) is 0 Å². The van der Waals surface area contributed by atoms with Crippen LogP contribution >= 0.6 is 12.4 Å². The fraction of sp³-hybridized carbons (Fsp3) is 0.909. The normalized spacial score (nSPS) is 18.6. The quantitative estimate of drug-likeness (QED) is 0.252. The first-order chi connectivity index (χ1) is 15.2.